The number of aryl methyl sites for hydroxylation is 2. The summed E-state index contributed by atoms with van der Waals surface area (Å²) in [5.41, 5.74) is 5.92. The van der Waals surface area contributed by atoms with Gasteiger partial charge in [-0.05, 0) is 30.0 Å². The van der Waals surface area contributed by atoms with Crippen molar-refractivity contribution in [2.24, 2.45) is 0 Å². The summed E-state index contributed by atoms with van der Waals surface area (Å²) in [7, 11) is 0. The van der Waals surface area contributed by atoms with Gasteiger partial charge < -0.3 is 4.98 Å². The standard InChI is InChI=1S/C16H17N3/c1-3-11-6-5-7-12(4-2)14(11)15-13-8-9-17-16(13)19-10-18-15/h5-10H,3-4H2,1-2H3,(H,17,18,19). The molecule has 3 rings (SSSR count). The van der Waals surface area contributed by atoms with Crippen LogP contribution in [0.25, 0.3) is 22.3 Å². The summed E-state index contributed by atoms with van der Waals surface area (Å²) < 4.78 is 0. The van der Waals surface area contributed by atoms with Gasteiger partial charge in [-0.25, -0.2) is 9.97 Å². The third-order valence-corrected chi connectivity index (χ3v) is 3.59. The van der Waals surface area contributed by atoms with E-state index in [-0.39, 0.29) is 0 Å². The van der Waals surface area contributed by atoms with Gasteiger partial charge in [-0.15, -0.1) is 0 Å². The molecule has 1 aromatic carbocycles. The molecule has 2 aromatic heterocycles. The monoisotopic (exact) mass is 251 g/mol. The first kappa shape index (κ1) is 11.9. The van der Waals surface area contributed by atoms with Crippen LogP contribution in [-0.4, -0.2) is 15.0 Å². The molecule has 1 N–H and O–H groups in total. The SMILES string of the molecule is CCc1cccc(CC)c1-c1ncnc2[nH]ccc12. The molecule has 0 spiro atoms. The third kappa shape index (κ3) is 1.91. The first-order chi connectivity index (χ1) is 9.35. The van der Waals surface area contributed by atoms with Gasteiger partial charge in [0.05, 0.1) is 5.69 Å². The van der Waals surface area contributed by atoms with Gasteiger partial charge >= 0.3 is 0 Å². The van der Waals surface area contributed by atoms with Crippen molar-refractivity contribution in [3.8, 4) is 11.3 Å². The van der Waals surface area contributed by atoms with Gasteiger partial charge in [-0.3, -0.25) is 0 Å². The number of aromatic nitrogens is 3. The number of rotatable bonds is 3. The van der Waals surface area contributed by atoms with Crippen LogP contribution in [0.4, 0.5) is 0 Å². The van der Waals surface area contributed by atoms with E-state index in [2.05, 4.69) is 53.1 Å². The zero-order valence-electron chi connectivity index (χ0n) is 11.3. The number of H-pyrrole nitrogens is 1. The highest BCUT2D eigenvalue weighted by atomic mass is 14.9. The van der Waals surface area contributed by atoms with Crippen LogP contribution in [-0.2, 0) is 12.8 Å². The minimum absolute atomic E-state index is 0.901. The average molecular weight is 251 g/mol. The molecule has 0 saturated carbocycles. The molecule has 3 aromatic rings. The Morgan fingerprint density at radius 1 is 1.00 bits per heavy atom. The Hall–Kier alpha value is -2.16. The van der Waals surface area contributed by atoms with Crippen molar-refractivity contribution in [2.75, 3.05) is 0 Å². The van der Waals surface area contributed by atoms with Gasteiger partial charge in [0.25, 0.3) is 0 Å². The van der Waals surface area contributed by atoms with Crippen molar-refractivity contribution >= 4 is 11.0 Å². The summed E-state index contributed by atoms with van der Waals surface area (Å²) in [5.74, 6) is 0. The summed E-state index contributed by atoms with van der Waals surface area (Å²) in [4.78, 5) is 12.0. The maximum atomic E-state index is 4.54. The molecule has 3 heteroatoms. The van der Waals surface area contributed by atoms with Gasteiger partial charge in [0.15, 0.2) is 0 Å². The van der Waals surface area contributed by atoms with Crippen molar-refractivity contribution in [2.45, 2.75) is 26.7 Å². The molecular weight excluding hydrogens is 234 g/mol. The molecular formula is C16H17N3. The molecule has 0 aliphatic carbocycles. The first-order valence-corrected chi connectivity index (χ1v) is 6.74. The lowest BCUT2D eigenvalue weighted by atomic mass is 9.94. The van der Waals surface area contributed by atoms with E-state index in [0.29, 0.717) is 0 Å². The number of hydrogen-bond acceptors (Lipinski definition) is 2. The predicted molar refractivity (Wildman–Crippen MR) is 78.1 cm³/mol. The van der Waals surface area contributed by atoms with Crippen molar-refractivity contribution in [3.63, 3.8) is 0 Å². The van der Waals surface area contributed by atoms with E-state index in [4.69, 9.17) is 0 Å². The van der Waals surface area contributed by atoms with Crippen LogP contribution in [0.3, 0.4) is 0 Å². The maximum Gasteiger partial charge on any atom is 0.141 e. The Morgan fingerprint density at radius 3 is 2.42 bits per heavy atom. The third-order valence-electron chi connectivity index (χ3n) is 3.59. The largest absolute Gasteiger partial charge is 0.346 e. The summed E-state index contributed by atoms with van der Waals surface area (Å²) in [6.07, 6.45) is 5.58. The van der Waals surface area contributed by atoms with Crippen molar-refractivity contribution in [1.82, 2.24) is 15.0 Å². The van der Waals surface area contributed by atoms with E-state index in [1.165, 1.54) is 16.7 Å². The fourth-order valence-electron chi connectivity index (χ4n) is 2.62. The molecule has 0 bridgehead atoms. The van der Waals surface area contributed by atoms with Crippen molar-refractivity contribution in [1.29, 1.82) is 0 Å². The Balaban J connectivity index is 2.35. The second-order valence-electron chi connectivity index (χ2n) is 4.62. The fourth-order valence-corrected chi connectivity index (χ4v) is 2.62. The van der Waals surface area contributed by atoms with Crippen LogP contribution in [0.15, 0.2) is 36.8 Å². The molecule has 2 heterocycles. The van der Waals surface area contributed by atoms with E-state index >= 15 is 0 Å². The van der Waals surface area contributed by atoms with Gasteiger partial charge in [0.1, 0.15) is 12.0 Å². The number of aromatic amines is 1. The highest BCUT2D eigenvalue weighted by Crippen LogP contribution is 2.31. The molecule has 3 nitrogen and oxygen atoms in total. The topological polar surface area (TPSA) is 41.6 Å². The van der Waals surface area contributed by atoms with E-state index in [1.54, 1.807) is 6.33 Å². The number of hydrogen-bond donors (Lipinski definition) is 1. The van der Waals surface area contributed by atoms with Crippen LogP contribution in [0.1, 0.15) is 25.0 Å². The normalized spacial score (nSPS) is 11.1. The molecule has 0 aliphatic heterocycles. The molecule has 0 radical (unpaired) electrons. The summed E-state index contributed by atoms with van der Waals surface area (Å²) in [6.45, 7) is 4.38. The summed E-state index contributed by atoms with van der Waals surface area (Å²) in [6, 6.07) is 8.57. The van der Waals surface area contributed by atoms with Crippen LogP contribution in [0, 0.1) is 0 Å². The molecule has 0 fully saturated rings. The highest BCUT2D eigenvalue weighted by molar-refractivity contribution is 5.92. The first-order valence-electron chi connectivity index (χ1n) is 6.74. The lowest BCUT2D eigenvalue weighted by Crippen LogP contribution is -1.97. The maximum absolute atomic E-state index is 4.54. The van der Waals surface area contributed by atoms with Gasteiger partial charge in [-0.2, -0.15) is 0 Å². The Bertz CT molecular complexity index is 691. The molecule has 0 atom stereocenters. The fraction of sp³-hybridized carbons (Fsp3) is 0.250. The second kappa shape index (κ2) is 4.84. The van der Waals surface area contributed by atoms with E-state index in [1.807, 2.05) is 6.20 Å². The molecule has 96 valence electrons. The zero-order chi connectivity index (χ0) is 13.2. The Kier molecular flexibility index (Phi) is 3.03. The number of nitrogens with zero attached hydrogens (tertiary/aromatic N) is 2. The van der Waals surface area contributed by atoms with Crippen LogP contribution < -0.4 is 0 Å². The molecule has 0 amide bonds. The minimum Gasteiger partial charge on any atom is -0.346 e. The average Bonchev–Trinajstić information content (AvgIpc) is 2.94. The van der Waals surface area contributed by atoms with Gasteiger partial charge in [-0.1, -0.05) is 32.0 Å². The molecule has 0 unspecified atom stereocenters. The number of benzene rings is 1. The zero-order valence-corrected chi connectivity index (χ0v) is 11.3. The number of fused-ring (bicyclic) bond motifs is 1. The Morgan fingerprint density at radius 2 is 1.74 bits per heavy atom. The van der Waals surface area contributed by atoms with E-state index < -0.39 is 0 Å². The smallest absolute Gasteiger partial charge is 0.141 e. The lowest BCUT2D eigenvalue weighted by Gasteiger charge is -2.13. The summed E-state index contributed by atoms with van der Waals surface area (Å²) >= 11 is 0. The second-order valence-corrected chi connectivity index (χ2v) is 4.62. The molecule has 0 saturated heterocycles. The van der Waals surface area contributed by atoms with Gasteiger partial charge in [0, 0.05) is 17.1 Å². The van der Waals surface area contributed by atoms with Crippen molar-refractivity contribution < 1.29 is 0 Å². The summed E-state index contributed by atoms with van der Waals surface area (Å²) in [5, 5.41) is 1.10. The lowest BCUT2D eigenvalue weighted by molar-refractivity contribution is 1.08. The van der Waals surface area contributed by atoms with Crippen LogP contribution in [0.2, 0.25) is 0 Å². The minimum atomic E-state index is 0.901. The number of nitrogens with one attached hydrogen (secondary N) is 1. The van der Waals surface area contributed by atoms with E-state index in [0.717, 1.165) is 29.6 Å². The predicted octanol–water partition coefficient (Wildman–Crippen LogP) is 3.75. The van der Waals surface area contributed by atoms with Gasteiger partial charge in [0.2, 0.25) is 0 Å². The Labute approximate surface area is 112 Å². The van der Waals surface area contributed by atoms with E-state index in [9.17, 15) is 0 Å². The molecule has 19 heavy (non-hydrogen) atoms. The molecule has 0 aliphatic rings. The van der Waals surface area contributed by atoms with Crippen LogP contribution in [0.5, 0.6) is 0 Å². The van der Waals surface area contributed by atoms with Crippen molar-refractivity contribution in [3.05, 3.63) is 47.9 Å². The van der Waals surface area contributed by atoms with Crippen LogP contribution >= 0.6 is 0 Å². The highest BCUT2D eigenvalue weighted by Gasteiger charge is 2.13. The quantitative estimate of drug-likeness (QED) is 0.770.